The highest BCUT2D eigenvalue weighted by atomic mass is 32.2. The molecule has 1 amide bonds. The van der Waals surface area contributed by atoms with Crippen LogP contribution in [-0.4, -0.2) is 57.4 Å². The van der Waals surface area contributed by atoms with Gasteiger partial charge in [0.25, 0.3) is 0 Å². The van der Waals surface area contributed by atoms with Crippen molar-refractivity contribution in [3.63, 3.8) is 0 Å². The summed E-state index contributed by atoms with van der Waals surface area (Å²) in [5, 5.41) is 1.19. The van der Waals surface area contributed by atoms with Gasteiger partial charge >= 0.3 is 0 Å². The summed E-state index contributed by atoms with van der Waals surface area (Å²) in [5.41, 5.74) is 2.35. The molecule has 2 aromatic rings. The first-order valence-electron chi connectivity index (χ1n) is 8.89. The Labute approximate surface area is 154 Å². The molecule has 1 saturated heterocycles. The van der Waals surface area contributed by atoms with Gasteiger partial charge in [0.1, 0.15) is 0 Å². The second-order valence-electron chi connectivity index (χ2n) is 7.55. The number of carbonyl (C=O) groups excluding carboxylic acids is 1. The third-order valence-corrected chi connectivity index (χ3v) is 5.72. The fraction of sp³-hybridized carbons (Fsp3) is 0.500. The van der Waals surface area contributed by atoms with E-state index in [1.807, 2.05) is 17.2 Å². The number of amides is 1. The fourth-order valence-electron chi connectivity index (χ4n) is 3.06. The maximum atomic E-state index is 12.4. The molecule has 0 radical (unpaired) electrons. The number of fused-ring (bicyclic) bond motifs is 1. The molecule has 1 aromatic carbocycles. The van der Waals surface area contributed by atoms with E-state index >= 15 is 0 Å². The van der Waals surface area contributed by atoms with Gasteiger partial charge in [-0.05, 0) is 11.6 Å². The van der Waals surface area contributed by atoms with Gasteiger partial charge in [-0.3, -0.25) is 14.7 Å². The summed E-state index contributed by atoms with van der Waals surface area (Å²) in [6.45, 7) is 10.9. The summed E-state index contributed by atoms with van der Waals surface area (Å²) in [7, 11) is 0. The van der Waals surface area contributed by atoms with E-state index in [0.717, 1.165) is 38.2 Å². The van der Waals surface area contributed by atoms with Crippen LogP contribution in [-0.2, 0) is 11.3 Å². The van der Waals surface area contributed by atoms with Gasteiger partial charge in [0.05, 0.1) is 11.3 Å². The first kappa shape index (κ1) is 18.2. The molecule has 0 aliphatic carbocycles. The van der Waals surface area contributed by atoms with Gasteiger partial charge in [-0.2, -0.15) is 0 Å². The maximum Gasteiger partial charge on any atom is 0.232 e. The maximum absolute atomic E-state index is 12.4. The molecule has 1 aliphatic rings. The van der Waals surface area contributed by atoms with Crippen molar-refractivity contribution in [3.8, 4) is 0 Å². The number of carbonyl (C=O) groups is 1. The average Bonchev–Trinajstić information content (AvgIpc) is 2.60. The van der Waals surface area contributed by atoms with E-state index in [2.05, 4.69) is 54.9 Å². The number of benzene rings is 1. The summed E-state index contributed by atoms with van der Waals surface area (Å²) in [4.78, 5) is 21.3. The smallest absolute Gasteiger partial charge is 0.232 e. The van der Waals surface area contributed by atoms with Gasteiger partial charge in [0.2, 0.25) is 5.91 Å². The van der Waals surface area contributed by atoms with Crippen molar-refractivity contribution in [2.45, 2.75) is 32.1 Å². The minimum Gasteiger partial charge on any atom is -0.339 e. The van der Waals surface area contributed by atoms with Gasteiger partial charge in [-0.1, -0.05) is 45.0 Å². The van der Waals surface area contributed by atoms with Crippen LogP contribution in [0.4, 0.5) is 0 Å². The lowest BCUT2D eigenvalue weighted by Gasteiger charge is -2.35. The normalized spacial score (nSPS) is 16.4. The standard InChI is InChI=1S/C20H27N3OS/c1-20(2,3)25-15-18(24)23-12-10-22(11-13-23)14-17-7-4-6-16-8-5-9-21-19(16)17/h4-9H,10-15H2,1-3H3. The molecule has 4 nitrogen and oxygen atoms in total. The van der Waals surface area contributed by atoms with E-state index in [9.17, 15) is 4.79 Å². The number of rotatable bonds is 4. The number of piperazine rings is 1. The minimum absolute atomic E-state index is 0.138. The summed E-state index contributed by atoms with van der Waals surface area (Å²) in [5.74, 6) is 0.850. The molecular weight excluding hydrogens is 330 g/mol. The number of nitrogens with zero attached hydrogens (tertiary/aromatic N) is 3. The number of aromatic nitrogens is 1. The molecule has 0 saturated carbocycles. The van der Waals surface area contributed by atoms with Gasteiger partial charge in [-0.25, -0.2) is 0 Å². The van der Waals surface area contributed by atoms with Crippen LogP contribution < -0.4 is 0 Å². The molecular formula is C20H27N3OS. The molecule has 0 bridgehead atoms. The van der Waals surface area contributed by atoms with Crippen molar-refractivity contribution < 1.29 is 4.79 Å². The molecule has 25 heavy (non-hydrogen) atoms. The van der Waals surface area contributed by atoms with E-state index in [-0.39, 0.29) is 10.7 Å². The molecule has 3 rings (SSSR count). The second-order valence-corrected chi connectivity index (χ2v) is 9.35. The van der Waals surface area contributed by atoms with E-state index in [1.165, 1.54) is 10.9 Å². The Kier molecular flexibility index (Phi) is 5.64. The van der Waals surface area contributed by atoms with Gasteiger partial charge in [0.15, 0.2) is 0 Å². The zero-order chi connectivity index (χ0) is 17.9. The molecule has 1 aliphatic heterocycles. The molecule has 5 heteroatoms. The zero-order valence-electron chi connectivity index (χ0n) is 15.4. The number of hydrogen-bond acceptors (Lipinski definition) is 4. The van der Waals surface area contributed by atoms with Gasteiger partial charge in [-0.15, -0.1) is 11.8 Å². The van der Waals surface area contributed by atoms with Crippen LogP contribution in [0.3, 0.4) is 0 Å². The SMILES string of the molecule is CC(C)(C)SCC(=O)N1CCN(Cc2cccc3cccnc23)CC1. The van der Waals surface area contributed by atoms with Crippen LogP contribution >= 0.6 is 11.8 Å². The fourth-order valence-corrected chi connectivity index (χ4v) is 3.80. The Morgan fingerprint density at radius 2 is 1.84 bits per heavy atom. The Hall–Kier alpha value is -1.59. The summed E-state index contributed by atoms with van der Waals surface area (Å²) in [6, 6.07) is 10.5. The van der Waals surface area contributed by atoms with Crippen molar-refractivity contribution in [2.75, 3.05) is 31.9 Å². The van der Waals surface area contributed by atoms with E-state index in [0.29, 0.717) is 5.75 Å². The lowest BCUT2D eigenvalue weighted by atomic mass is 10.1. The predicted molar refractivity (Wildman–Crippen MR) is 106 cm³/mol. The van der Waals surface area contributed by atoms with Crippen LogP contribution in [0.25, 0.3) is 10.9 Å². The lowest BCUT2D eigenvalue weighted by molar-refractivity contribution is -0.130. The second kappa shape index (κ2) is 7.75. The monoisotopic (exact) mass is 357 g/mol. The van der Waals surface area contributed by atoms with Gasteiger partial charge in [0, 0.05) is 49.1 Å². The Morgan fingerprint density at radius 3 is 2.56 bits per heavy atom. The van der Waals surface area contributed by atoms with E-state index < -0.39 is 0 Å². The molecule has 0 N–H and O–H groups in total. The number of hydrogen-bond donors (Lipinski definition) is 0. The van der Waals surface area contributed by atoms with Crippen LogP contribution in [0.5, 0.6) is 0 Å². The third kappa shape index (κ3) is 4.95. The quantitative estimate of drug-likeness (QED) is 0.840. The van der Waals surface area contributed by atoms with Crippen LogP contribution in [0.15, 0.2) is 36.5 Å². The molecule has 2 heterocycles. The zero-order valence-corrected chi connectivity index (χ0v) is 16.2. The van der Waals surface area contributed by atoms with E-state index in [1.54, 1.807) is 11.8 Å². The summed E-state index contributed by atoms with van der Waals surface area (Å²) < 4.78 is 0.138. The number of para-hydroxylation sites is 1. The Bertz CT molecular complexity index is 728. The first-order chi connectivity index (χ1) is 11.9. The Morgan fingerprint density at radius 1 is 1.12 bits per heavy atom. The number of pyridine rings is 1. The van der Waals surface area contributed by atoms with Crippen molar-refractivity contribution in [3.05, 3.63) is 42.1 Å². The third-order valence-electron chi connectivity index (χ3n) is 4.46. The highest BCUT2D eigenvalue weighted by Crippen LogP contribution is 2.23. The highest BCUT2D eigenvalue weighted by Gasteiger charge is 2.23. The van der Waals surface area contributed by atoms with Crippen molar-refractivity contribution in [2.24, 2.45) is 0 Å². The largest absolute Gasteiger partial charge is 0.339 e. The summed E-state index contributed by atoms with van der Waals surface area (Å²) in [6.07, 6.45) is 1.86. The molecule has 1 aromatic heterocycles. The van der Waals surface area contributed by atoms with Crippen LogP contribution in [0, 0.1) is 0 Å². The molecule has 0 atom stereocenters. The number of thioether (sulfide) groups is 1. The lowest BCUT2D eigenvalue weighted by Crippen LogP contribution is -2.49. The van der Waals surface area contributed by atoms with Crippen LogP contribution in [0.1, 0.15) is 26.3 Å². The summed E-state index contributed by atoms with van der Waals surface area (Å²) >= 11 is 1.73. The van der Waals surface area contributed by atoms with Crippen molar-refractivity contribution >= 4 is 28.6 Å². The minimum atomic E-state index is 0.138. The molecule has 0 unspecified atom stereocenters. The van der Waals surface area contributed by atoms with Gasteiger partial charge < -0.3 is 4.90 Å². The van der Waals surface area contributed by atoms with E-state index in [4.69, 9.17) is 0 Å². The van der Waals surface area contributed by atoms with Crippen molar-refractivity contribution in [1.29, 1.82) is 0 Å². The van der Waals surface area contributed by atoms with Crippen LogP contribution in [0.2, 0.25) is 0 Å². The predicted octanol–water partition coefficient (Wildman–Crippen LogP) is 3.41. The molecule has 1 fully saturated rings. The first-order valence-corrected chi connectivity index (χ1v) is 9.88. The molecule has 0 spiro atoms. The topological polar surface area (TPSA) is 36.4 Å². The highest BCUT2D eigenvalue weighted by molar-refractivity contribution is 8.01. The Balaban J connectivity index is 1.55. The van der Waals surface area contributed by atoms with Crippen molar-refractivity contribution in [1.82, 2.24) is 14.8 Å². The molecule has 134 valence electrons. The average molecular weight is 358 g/mol.